The first-order valence-electron chi connectivity index (χ1n) is 5.97. The van der Waals surface area contributed by atoms with Crippen molar-refractivity contribution in [2.45, 2.75) is 10.2 Å². The van der Waals surface area contributed by atoms with Gasteiger partial charge in [-0.3, -0.25) is 9.69 Å². The number of para-hydroxylation sites is 2. The summed E-state index contributed by atoms with van der Waals surface area (Å²) < 4.78 is -1.61. The summed E-state index contributed by atoms with van der Waals surface area (Å²) in [5.41, 5.74) is 1.47. The Morgan fingerprint density at radius 1 is 0.850 bits per heavy atom. The Kier molecular flexibility index (Phi) is 4.92. The van der Waals surface area contributed by atoms with Gasteiger partial charge in [0.05, 0.1) is 6.42 Å². The number of hydrogen-bond donors (Lipinski definition) is 0. The van der Waals surface area contributed by atoms with Gasteiger partial charge in [-0.1, -0.05) is 71.2 Å². The lowest BCUT2D eigenvalue weighted by Gasteiger charge is -2.24. The van der Waals surface area contributed by atoms with Gasteiger partial charge in [-0.2, -0.15) is 0 Å². The number of carbonyl (C=O) groups is 1. The van der Waals surface area contributed by atoms with Crippen LogP contribution in [0.1, 0.15) is 6.42 Å². The second-order valence-corrected chi connectivity index (χ2v) is 6.71. The molecular formula is C15H12Cl3NO. The number of benzene rings is 2. The van der Waals surface area contributed by atoms with Crippen LogP contribution in [-0.2, 0) is 4.79 Å². The molecule has 0 saturated carbocycles. The molecule has 0 radical (unpaired) electrons. The van der Waals surface area contributed by atoms with Gasteiger partial charge < -0.3 is 0 Å². The minimum Gasteiger partial charge on any atom is -0.281 e. The van der Waals surface area contributed by atoms with Gasteiger partial charge in [-0.25, -0.2) is 0 Å². The maximum Gasteiger partial charge on any atom is 0.235 e. The van der Waals surface area contributed by atoms with E-state index in [-0.39, 0.29) is 12.3 Å². The molecule has 0 aliphatic heterocycles. The minimum absolute atomic E-state index is 0.193. The van der Waals surface area contributed by atoms with E-state index in [2.05, 4.69) is 0 Å². The lowest BCUT2D eigenvalue weighted by Crippen LogP contribution is -2.29. The molecule has 1 amide bonds. The fourth-order valence-corrected chi connectivity index (χ4v) is 2.18. The van der Waals surface area contributed by atoms with Gasteiger partial charge in [0.1, 0.15) is 0 Å². The van der Waals surface area contributed by atoms with E-state index in [4.69, 9.17) is 34.8 Å². The zero-order valence-electron chi connectivity index (χ0n) is 10.5. The highest BCUT2D eigenvalue weighted by molar-refractivity contribution is 6.68. The smallest absolute Gasteiger partial charge is 0.235 e. The van der Waals surface area contributed by atoms with E-state index >= 15 is 0 Å². The average Bonchev–Trinajstić information content (AvgIpc) is 2.39. The predicted octanol–water partition coefficient (Wildman–Crippen LogP) is 5.11. The maximum atomic E-state index is 12.4. The topological polar surface area (TPSA) is 20.3 Å². The molecule has 0 aliphatic rings. The summed E-state index contributed by atoms with van der Waals surface area (Å²) in [7, 11) is 0. The Hall–Kier alpha value is -1.22. The van der Waals surface area contributed by atoms with E-state index in [0.29, 0.717) is 0 Å². The molecule has 5 heteroatoms. The van der Waals surface area contributed by atoms with Crippen LogP contribution in [0.25, 0.3) is 0 Å². The molecule has 0 bridgehead atoms. The van der Waals surface area contributed by atoms with Crippen molar-refractivity contribution in [3.05, 3.63) is 60.7 Å². The van der Waals surface area contributed by atoms with Crippen molar-refractivity contribution in [1.82, 2.24) is 0 Å². The van der Waals surface area contributed by atoms with E-state index in [0.717, 1.165) is 11.4 Å². The molecule has 104 valence electrons. The molecule has 2 aromatic rings. The SMILES string of the molecule is O=C(CC(Cl)(Cl)Cl)N(c1ccccc1)c1ccccc1. The third-order valence-electron chi connectivity index (χ3n) is 2.63. The van der Waals surface area contributed by atoms with Gasteiger partial charge >= 0.3 is 0 Å². The van der Waals surface area contributed by atoms with Gasteiger partial charge in [0.25, 0.3) is 0 Å². The number of nitrogens with zero attached hydrogens (tertiary/aromatic N) is 1. The molecule has 0 aliphatic carbocycles. The number of anilines is 2. The summed E-state index contributed by atoms with van der Waals surface area (Å²) >= 11 is 17.2. The van der Waals surface area contributed by atoms with Gasteiger partial charge in [-0.15, -0.1) is 0 Å². The van der Waals surface area contributed by atoms with Crippen molar-refractivity contribution in [1.29, 1.82) is 0 Å². The largest absolute Gasteiger partial charge is 0.281 e. The molecule has 0 aromatic heterocycles. The van der Waals surface area contributed by atoms with Crippen molar-refractivity contribution in [3.8, 4) is 0 Å². The summed E-state index contributed by atoms with van der Waals surface area (Å²) in [4.78, 5) is 14.0. The first kappa shape index (κ1) is 15.2. The van der Waals surface area contributed by atoms with Crippen LogP contribution in [0.3, 0.4) is 0 Å². The monoisotopic (exact) mass is 327 g/mol. The third-order valence-corrected chi connectivity index (χ3v) is 3.03. The number of rotatable bonds is 3. The number of halogens is 3. The molecule has 2 rings (SSSR count). The Morgan fingerprint density at radius 2 is 1.25 bits per heavy atom. The van der Waals surface area contributed by atoms with Crippen LogP contribution in [0, 0.1) is 0 Å². The molecule has 0 spiro atoms. The zero-order valence-corrected chi connectivity index (χ0v) is 12.7. The van der Waals surface area contributed by atoms with Crippen LogP contribution >= 0.6 is 34.8 Å². The van der Waals surface area contributed by atoms with E-state index in [1.807, 2.05) is 60.7 Å². The molecule has 2 nitrogen and oxygen atoms in total. The normalized spacial score (nSPS) is 11.2. The standard InChI is InChI=1S/C15H12Cl3NO/c16-15(17,18)11-14(20)19(12-7-3-1-4-8-12)13-9-5-2-6-10-13/h1-10H,11H2. The Morgan fingerprint density at radius 3 is 1.60 bits per heavy atom. The van der Waals surface area contributed by atoms with E-state index < -0.39 is 3.79 Å². The highest BCUT2D eigenvalue weighted by Gasteiger charge is 2.28. The summed E-state index contributed by atoms with van der Waals surface area (Å²) in [5, 5.41) is 0. The van der Waals surface area contributed by atoms with Crippen molar-refractivity contribution in [2.24, 2.45) is 0 Å². The number of hydrogen-bond acceptors (Lipinski definition) is 1. The molecule has 0 unspecified atom stereocenters. The van der Waals surface area contributed by atoms with E-state index in [9.17, 15) is 4.79 Å². The molecule has 0 N–H and O–H groups in total. The van der Waals surface area contributed by atoms with Crippen LogP contribution in [0.15, 0.2) is 60.7 Å². The van der Waals surface area contributed by atoms with Gasteiger partial charge in [-0.05, 0) is 24.3 Å². The molecule has 2 aromatic carbocycles. The van der Waals surface area contributed by atoms with Crippen molar-refractivity contribution < 1.29 is 4.79 Å². The van der Waals surface area contributed by atoms with E-state index in [1.165, 1.54) is 0 Å². The molecule has 0 heterocycles. The quantitative estimate of drug-likeness (QED) is 0.717. The summed E-state index contributed by atoms with van der Waals surface area (Å²) in [6.45, 7) is 0. The van der Waals surface area contributed by atoms with Crippen molar-refractivity contribution in [2.75, 3.05) is 4.90 Å². The van der Waals surface area contributed by atoms with Crippen LogP contribution < -0.4 is 4.90 Å². The van der Waals surface area contributed by atoms with Crippen LogP contribution in [0.5, 0.6) is 0 Å². The zero-order chi connectivity index (χ0) is 14.6. The lowest BCUT2D eigenvalue weighted by molar-refractivity contribution is -0.117. The molecule has 0 fully saturated rings. The number of alkyl halides is 3. The highest BCUT2D eigenvalue weighted by atomic mass is 35.6. The Bertz CT molecular complexity index is 527. The molecular weight excluding hydrogens is 317 g/mol. The Balaban J connectivity index is 2.38. The van der Waals surface area contributed by atoms with Crippen molar-refractivity contribution >= 4 is 52.1 Å². The van der Waals surface area contributed by atoms with E-state index in [1.54, 1.807) is 4.90 Å². The van der Waals surface area contributed by atoms with Crippen LogP contribution in [-0.4, -0.2) is 9.70 Å². The third kappa shape index (κ3) is 4.14. The van der Waals surface area contributed by atoms with Gasteiger partial charge in [0.2, 0.25) is 5.91 Å². The summed E-state index contributed by atoms with van der Waals surface area (Å²) in [6, 6.07) is 18.5. The molecule has 0 atom stereocenters. The van der Waals surface area contributed by atoms with Gasteiger partial charge in [0, 0.05) is 11.4 Å². The number of carbonyl (C=O) groups excluding carboxylic acids is 1. The number of amides is 1. The first-order valence-corrected chi connectivity index (χ1v) is 7.10. The fraction of sp³-hybridized carbons (Fsp3) is 0.133. The van der Waals surface area contributed by atoms with Gasteiger partial charge in [0.15, 0.2) is 3.79 Å². The summed E-state index contributed by atoms with van der Waals surface area (Å²) in [5.74, 6) is -0.276. The maximum absolute atomic E-state index is 12.4. The fourth-order valence-electron chi connectivity index (χ4n) is 1.84. The summed E-state index contributed by atoms with van der Waals surface area (Å²) in [6.07, 6.45) is -0.193. The Labute approximate surface area is 132 Å². The predicted molar refractivity (Wildman–Crippen MR) is 84.9 cm³/mol. The first-order chi connectivity index (χ1) is 9.47. The molecule has 20 heavy (non-hydrogen) atoms. The van der Waals surface area contributed by atoms with Crippen LogP contribution in [0.2, 0.25) is 0 Å². The second kappa shape index (κ2) is 6.49. The minimum atomic E-state index is -1.61. The average molecular weight is 329 g/mol. The second-order valence-electron chi connectivity index (χ2n) is 4.19. The van der Waals surface area contributed by atoms with Crippen LogP contribution in [0.4, 0.5) is 11.4 Å². The lowest BCUT2D eigenvalue weighted by atomic mass is 10.2. The molecule has 0 saturated heterocycles. The highest BCUT2D eigenvalue weighted by Crippen LogP contribution is 2.34. The van der Waals surface area contributed by atoms with Crippen molar-refractivity contribution in [3.63, 3.8) is 0 Å².